The van der Waals surface area contributed by atoms with Crippen LogP contribution < -0.4 is 5.32 Å². The number of carboxylic acids is 1. The lowest BCUT2D eigenvalue weighted by molar-refractivity contribution is -0.139. The molecule has 20 heavy (non-hydrogen) atoms. The van der Waals surface area contributed by atoms with Crippen molar-refractivity contribution in [2.45, 2.75) is 43.9 Å². The molecule has 1 heterocycles. The van der Waals surface area contributed by atoms with Crippen LogP contribution in [-0.2, 0) is 14.3 Å². The standard InChI is InChI=1S/C13H22N2O5/c1-19-11-3-2-9(6-11)14-13(18)15-4-5-20-8-10(15)7-12(16)17/h9-11H,2-8H2,1H3,(H,14,18)(H,16,17). The normalized spacial score (nSPS) is 30.2. The molecule has 2 aliphatic rings. The van der Waals surface area contributed by atoms with E-state index in [1.165, 1.54) is 0 Å². The van der Waals surface area contributed by atoms with E-state index in [-0.39, 0.29) is 37.2 Å². The summed E-state index contributed by atoms with van der Waals surface area (Å²) in [5.74, 6) is -0.918. The second kappa shape index (κ2) is 6.90. The van der Waals surface area contributed by atoms with Gasteiger partial charge in [0.2, 0.25) is 0 Å². The second-order valence-corrected chi connectivity index (χ2v) is 5.34. The minimum Gasteiger partial charge on any atom is -0.481 e. The van der Waals surface area contributed by atoms with Crippen LogP contribution in [0.25, 0.3) is 0 Å². The highest BCUT2D eigenvalue weighted by Crippen LogP contribution is 2.22. The Morgan fingerprint density at radius 3 is 2.90 bits per heavy atom. The Hall–Kier alpha value is -1.34. The van der Waals surface area contributed by atoms with Crippen LogP contribution in [0.15, 0.2) is 0 Å². The summed E-state index contributed by atoms with van der Waals surface area (Å²) in [4.78, 5) is 24.7. The monoisotopic (exact) mass is 286 g/mol. The van der Waals surface area contributed by atoms with E-state index in [4.69, 9.17) is 14.6 Å². The highest BCUT2D eigenvalue weighted by Gasteiger charge is 2.32. The maximum Gasteiger partial charge on any atom is 0.318 e. The molecule has 0 aromatic heterocycles. The zero-order valence-corrected chi connectivity index (χ0v) is 11.7. The van der Waals surface area contributed by atoms with Gasteiger partial charge in [-0.25, -0.2) is 4.79 Å². The molecule has 3 unspecified atom stereocenters. The van der Waals surface area contributed by atoms with E-state index in [1.54, 1.807) is 12.0 Å². The number of carbonyl (C=O) groups excluding carboxylic acids is 1. The van der Waals surface area contributed by atoms with E-state index in [9.17, 15) is 9.59 Å². The molecule has 2 fully saturated rings. The predicted octanol–water partition coefficient (Wildman–Crippen LogP) is 0.439. The third-order valence-electron chi connectivity index (χ3n) is 3.94. The minimum atomic E-state index is -0.918. The summed E-state index contributed by atoms with van der Waals surface area (Å²) in [7, 11) is 1.68. The molecular weight excluding hydrogens is 264 g/mol. The Kier molecular flexibility index (Phi) is 5.19. The summed E-state index contributed by atoms with van der Waals surface area (Å²) in [6.07, 6.45) is 2.79. The van der Waals surface area contributed by atoms with E-state index >= 15 is 0 Å². The van der Waals surface area contributed by atoms with Gasteiger partial charge in [0, 0.05) is 19.7 Å². The van der Waals surface area contributed by atoms with E-state index in [0.717, 1.165) is 19.3 Å². The van der Waals surface area contributed by atoms with Crippen molar-refractivity contribution in [1.82, 2.24) is 10.2 Å². The SMILES string of the molecule is COC1CCC(NC(=O)N2CCOCC2CC(=O)O)C1. The number of hydrogen-bond acceptors (Lipinski definition) is 4. The van der Waals surface area contributed by atoms with Gasteiger partial charge in [0.15, 0.2) is 0 Å². The summed E-state index contributed by atoms with van der Waals surface area (Å²) in [5, 5.41) is 11.9. The Balaban J connectivity index is 1.87. The summed E-state index contributed by atoms with van der Waals surface area (Å²) in [6.45, 7) is 1.17. The molecule has 0 spiro atoms. The van der Waals surface area contributed by atoms with Crippen LogP contribution in [0.4, 0.5) is 4.79 Å². The number of nitrogens with one attached hydrogen (secondary N) is 1. The quantitative estimate of drug-likeness (QED) is 0.783. The van der Waals surface area contributed by atoms with Crippen LogP contribution in [0.2, 0.25) is 0 Å². The lowest BCUT2D eigenvalue weighted by atomic mass is 10.1. The first-order valence-electron chi connectivity index (χ1n) is 6.99. The van der Waals surface area contributed by atoms with E-state index in [1.807, 2.05) is 0 Å². The minimum absolute atomic E-state index is 0.0845. The summed E-state index contributed by atoms with van der Waals surface area (Å²) < 4.78 is 10.5. The van der Waals surface area contributed by atoms with Gasteiger partial charge in [-0.15, -0.1) is 0 Å². The molecule has 1 saturated carbocycles. The van der Waals surface area contributed by atoms with Crippen LogP contribution >= 0.6 is 0 Å². The molecule has 1 aliphatic carbocycles. The predicted molar refractivity (Wildman–Crippen MR) is 70.5 cm³/mol. The van der Waals surface area contributed by atoms with Crippen molar-refractivity contribution in [3.05, 3.63) is 0 Å². The van der Waals surface area contributed by atoms with Gasteiger partial charge in [0.1, 0.15) is 0 Å². The van der Waals surface area contributed by atoms with Crippen molar-refractivity contribution in [2.24, 2.45) is 0 Å². The number of urea groups is 1. The number of carbonyl (C=O) groups is 2. The van der Waals surface area contributed by atoms with E-state index in [0.29, 0.717) is 13.2 Å². The highest BCUT2D eigenvalue weighted by atomic mass is 16.5. The van der Waals surface area contributed by atoms with Gasteiger partial charge < -0.3 is 24.8 Å². The Labute approximate surface area is 118 Å². The fourth-order valence-corrected chi connectivity index (χ4v) is 2.84. The van der Waals surface area contributed by atoms with Crippen molar-refractivity contribution in [3.8, 4) is 0 Å². The summed E-state index contributed by atoms with van der Waals surface area (Å²) in [6, 6.07) is -0.469. The van der Waals surface area contributed by atoms with Crippen molar-refractivity contribution in [1.29, 1.82) is 0 Å². The number of morpholine rings is 1. The molecule has 114 valence electrons. The molecule has 2 amide bonds. The zero-order chi connectivity index (χ0) is 14.5. The molecule has 2 rings (SSSR count). The highest BCUT2D eigenvalue weighted by molar-refractivity contribution is 5.76. The molecule has 1 saturated heterocycles. The van der Waals surface area contributed by atoms with Crippen molar-refractivity contribution in [2.75, 3.05) is 26.9 Å². The number of amides is 2. The Bertz CT molecular complexity index is 363. The topological polar surface area (TPSA) is 88.1 Å². The van der Waals surface area contributed by atoms with Crippen LogP contribution in [0.3, 0.4) is 0 Å². The van der Waals surface area contributed by atoms with E-state index < -0.39 is 5.97 Å². The molecule has 3 atom stereocenters. The maximum absolute atomic E-state index is 12.3. The van der Waals surface area contributed by atoms with Crippen molar-refractivity contribution < 1.29 is 24.2 Å². The average molecular weight is 286 g/mol. The summed E-state index contributed by atoms with van der Waals surface area (Å²) in [5.41, 5.74) is 0. The number of carboxylic acid groups (broad SMARTS) is 1. The maximum atomic E-state index is 12.3. The smallest absolute Gasteiger partial charge is 0.318 e. The number of hydrogen-bond donors (Lipinski definition) is 2. The molecule has 0 aromatic rings. The Morgan fingerprint density at radius 2 is 2.25 bits per heavy atom. The van der Waals surface area contributed by atoms with Gasteiger partial charge in [-0.1, -0.05) is 0 Å². The van der Waals surface area contributed by atoms with Crippen LogP contribution in [0.5, 0.6) is 0 Å². The lowest BCUT2D eigenvalue weighted by Crippen LogP contribution is -2.54. The number of aliphatic carboxylic acids is 1. The largest absolute Gasteiger partial charge is 0.481 e. The number of nitrogens with zero attached hydrogens (tertiary/aromatic N) is 1. The van der Waals surface area contributed by atoms with Crippen molar-refractivity contribution >= 4 is 12.0 Å². The van der Waals surface area contributed by atoms with E-state index in [2.05, 4.69) is 5.32 Å². The lowest BCUT2D eigenvalue weighted by Gasteiger charge is -2.35. The fraction of sp³-hybridized carbons (Fsp3) is 0.846. The second-order valence-electron chi connectivity index (χ2n) is 5.34. The Morgan fingerprint density at radius 1 is 1.45 bits per heavy atom. The molecule has 7 nitrogen and oxygen atoms in total. The van der Waals surface area contributed by atoms with Gasteiger partial charge in [-0.3, -0.25) is 4.79 Å². The number of methoxy groups -OCH3 is 1. The molecule has 0 bridgehead atoms. The van der Waals surface area contributed by atoms with Crippen LogP contribution in [-0.4, -0.2) is 67.1 Å². The first-order chi connectivity index (χ1) is 9.60. The van der Waals surface area contributed by atoms with Gasteiger partial charge in [0.05, 0.1) is 31.8 Å². The van der Waals surface area contributed by atoms with Crippen molar-refractivity contribution in [3.63, 3.8) is 0 Å². The third-order valence-corrected chi connectivity index (χ3v) is 3.94. The molecule has 0 radical (unpaired) electrons. The number of ether oxygens (including phenoxy) is 2. The van der Waals surface area contributed by atoms with Gasteiger partial charge in [-0.2, -0.15) is 0 Å². The molecule has 2 N–H and O–H groups in total. The molecule has 1 aliphatic heterocycles. The molecule has 0 aromatic carbocycles. The van der Waals surface area contributed by atoms with Gasteiger partial charge in [-0.05, 0) is 19.3 Å². The van der Waals surface area contributed by atoms with Crippen LogP contribution in [0, 0.1) is 0 Å². The van der Waals surface area contributed by atoms with Crippen LogP contribution in [0.1, 0.15) is 25.7 Å². The molecule has 7 heteroatoms. The first kappa shape index (κ1) is 15.1. The number of rotatable bonds is 4. The first-order valence-corrected chi connectivity index (χ1v) is 6.99. The van der Waals surface area contributed by atoms with Gasteiger partial charge >= 0.3 is 12.0 Å². The fourth-order valence-electron chi connectivity index (χ4n) is 2.84. The zero-order valence-electron chi connectivity index (χ0n) is 11.7. The summed E-state index contributed by atoms with van der Waals surface area (Å²) >= 11 is 0. The third kappa shape index (κ3) is 3.83. The average Bonchev–Trinajstić information content (AvgIpc) is 2.86. The molecular formula is C13H22N2O5. The van der Waals surface area contributed by atoms with Gasteiger partial charge in [0.25, 0.3) is 0 Å².